The van der Waals surface area contributed by atoms with E-state index in [1.807, 2.05) is 30.3 Å². The highest BCUT2D eigenvalue weighted by atomic mass is 35.5. The predicted molar refractivity (Wildman–Crippen MR) is 129 cm³/mol. The first-order valence-electron chi connectivity index (χ1n) is 11.8. The highest BCUT2D eigenvalue weighted by molar-refractivity contribution is 6.31. The van der Waals surface area contributed by atoms with Crippen LogP contribution in [0, 0.1) is 0 Å². The van der Waals surface area contributed by atoms with Crippen LogP contribution in [0.25, 0.3) is 11.0 Å². The van der Waals surface area contributed by atoms with Gasteiger partial charge < -0.3 is 28.8 Å². The van der Waals surface area contributed by atoms with Gasteiger partial charge in [-0.2, -0.15) is 0 Å². The Kier molecular flexibility index (Phi) is 6.80. The van der Waals surface area contributed by atoms with E-state index in [2.05, 4.69) is 6.92 Å². The molecule has 0 radical (unpaired) electrons. The number of aliphatic hydroxyl groups is 2. The van der Waals surface area contributed by atoms with Crippen molar-refractivity contribution >= 4 is 22.6 Å². The van der Waals surface area contributed by atoms with Crippen molar-refractivity contribution in [2.45, 2.75) is 56.2 Å². The van der Waals surface area contributed by atoms with Crippen LogP contribution < -0.4 is 10.6 Å². The van der Waals surface area contributed by atoms with Crippen LogP contribution in [0.15, 0.2) is 46.9 Å². The molecular weight excluding hydrogens is 474 g/mol. The molecule has 5 rings (SSSR count). The maximum atomic E-state index is 10.7. The van der Waals surface area contributed by atoms with Crippen LogP contribution in [0.3, 0.4) is 0 Å². The van der Waals surface area contributed by atoms with E-state index in [1.165, 1.54) is 0 Å². The normalized spacial score (nSPS) is 28.0. The summed E-state index contributed by atoms with van der Waals surface area (Å²) < 4.78 is 24.1. The van der Waals surface area contributed by atoms with Gasteiger partial charge in [0.2, 0.25) is 0 Å². The molecule has 35 heavy (non-hydrogen) atoms. The highest BCUT2D eigenvalue weighted by Gasteiger charge is 2.63. The molecule has 0 amide bonds. The molecule has 2 aromatic carbocycles. The molecule has 8 nitrogen and oxygen atoms in total. The molecule has 0 saturated carbocycles. The Labute approximate surface area is 208 Å². The first-order chi connectivity index (χ1) is 16.9. The van der Waals surface area contributed by atoms with Gasteiger partial charge in [-0.1, -0.05) is 31.0 Å². The summed E-state index contributed by atoms with van der Waals surface area (Å²) >= 11 is 6.54. The van der Waals surface area contributed by atoms with Crippen LogP contribution in [0.2, 0.25) is 5.02 Å². The van der Waals surface area contributed by atoms with E-state index in [9.17, 15) is 10.2 Å². The second-order valence-electron chi connectivity index (χ2n) is 9.29. The maximum Gasteiger partial charge on any atom is 0.198 e. The number of fused-ring (bicyclic) bond motifs is 3. The van der Waals surface area contributed by atoms with Crippen molar-refractivity contribution in [2.24, 2.45) is 5.90 Å². The number of benzene rings is 2. The summed E-state index contributed by atoms with van der Waals surface area (Å²) in [6.07, 6.45) is 0.745. The van der Waals surface area contributed by atoms with Crippen molar-refractivity contribution < 1.29 is 33.7 Å². The fourth-order valence-corrected chi connectivity index (χ4v) is 5.14. The van der Waals surface area contributed by atoms with Crippen LogP contribution in [-0.2, 0) is 26.5 Å². The number of aliphatic hydroxyl groups excluding tert-OH is 2. The number of ether oxygens (including phenoxy) is 3. The average Bonchev–Trinajstić information content (AvgIpc) is 3.40. The molecule has 188 valence electrons. The zero-order valence-corrected chi connectivity index (χ0v) is 20.3. The number of hydrogen-bond donors (Lipinski definition) is 3. The Balaban J connectivity index is 1.40. The third-order valence-corrected chi connectivity index (χ3v) is 7.21. The van der Waals surface area contributed by atoms with Gasteiger partial charge in [0, 0.05) is 34.9 Å². The molecule has 9 heteroatoms. The van der Waals surface area contributed by atoms with E-state index in [0.29, 0.717) is 23.6 Å². The Morgan fingerprint density at radius 3 is 2.83 bits per heavy atom. The second-order valence-corrected chi connectivity index (χ2v) is 9.70. The zero-order valence-electron chi connectivity index (χ0n) is 19.5. The van der Waals surface area contributed by atoms with Crippen LogP contribution in [0.5, 0.6) is 5.75 Å². The Bertz CT molecular complexity index is 1200. The molecule has 2 saturated heterocycles. The van der Waals surface area contributed by atoms with Gasteiger partial charge in [-0.05, 0) is 42.3 Å². The number of rotatable bonds is 9. The predicted octanol–water partition coefficient (Wildman–Crippen LogP) is 3.81. The van der Waals surface area contributed by atoms with Crippen LogP contribution in [0.1, 0.15) is 43.1 Å². The van der Waals surface area contributed by atoms with Crippen molar-refractivity contribution in [3.05, 3.63) is 64.4 Å². The van der Waals surface area contributed by atoms with Crippen molar-refractivity contribution in [3.8, 4) is 5.75 Å². The van der Waals surface area contributed by atoms with E-state index in [4.69, 9.17) is 41.0 Å². The lowest BCUT2D eigenvalue weighted by Crippen LogP contribution is -2.60. The van der Waals surface area contributed by atoms with Gasteiger partial charge in [-0.3, -0.25) is 4.84 Å². The Hall–Kier alpha value is -2.17. The molecule has 2 aliphatic rings. The third-order valence-electron chi connectivity index (χ3n) is 6.84. The molecule has 2 bridgehead atoms. The van der Waals surface area contributed by atoms with Crippen LogP contribution >= 0.6 is 11.6 Å². The fourth-order valence-electron chi connectivity index (χ4n) is 4.96. The van der Waals surface area contributed by atoms with Gasteiger partial charge in [0.1, 0.15) is 28.8 Å². The van der Waals surface area contributed by atoms with Gasteiger partial charge in [0.25, 0.3) is 0 Å². The lowest BCUT2D eigenvalue weighted by molar-refractivity contribution is -0.290. The molecule has 3 heterocycles. The zero-order chi connectivity index (χ0) is 24.6. The second kappa shape index (κ2) is 9.71. The molecule has 2 fully saturated rings. The third kappa shape index (κ3) is 4.44. The molecule has 2 aliphatic heterocycles. The van der Waals surface area contributed by atoms with E-state index in [1.54, 1.807) is 12.1 Å². The summed E-state index contributed by atoms with van der Waals surface area (Å²) in [6.45, 7) is 2.43. The average molecular weight is 504 g/mol. The van der Waals surface area contributed by atoms with Crippen molar-refractivity contribution in [1.29, 1.82) is 0 Å². The number of halogens is 1. The molecule has 4 N–H and O–H groups in total. The van der Waals surface area contributed by atoms with E-state index in [0.717, 1.165) is 40.9 Å². The van der Waals surface area contributed by atoms with Crippen molar-refractivity contribution in [3.63, 3.8) is 0 Å². The van der Waals surface area contributed by atoms with Crippen LogP contribution in [-0.4, -0.2) is 47.8 Å². The number of hydrogen-bond acceptors (Lipinski definition) is 8. The molecule has 0 unspecified atom stereocenters. The highest BCUT2D eigenvalue weighted by Crippen LogP contribution is 2.50. The molecule has 1 aromatic heterocycles. The number of unbranched alkanes of at least 4 members (excludes halogenated alkanes) is 1. The lowest BCUT2D eigenvalue weighted by Gasteiger charge is -2.43. The summed E-state index contributed by atoms with van der Waals surface area (Å²) in [5.74, 6) is 5.67. The Morgan fingerprint density at radius 1 is 1.20 bits per heavy atom. The largest absolute Gasteiger partial charge is 0.493 e. The SMILES string of the molecule is CCCCOc1ccc2cc(Cc3cc([C@]45C[C@@H](O)[C@H](ON)[C@](CO)(CO4)O5)ccc3Cl)oc2c1. The monoisotopic (exact) mass is 503 g/mol. The summed E-state index contributed by atoms with van der Waals surface area (Å²) in [5, 5.41) is 22.2. The molecule has 0 aliphatic carbocycles. The molecular formula is C26H30ClNO7. The van der Waals surface area contributed by atoms with Crippen molar-refractivity contribution in [1.82, 2.24) is 0 Å². The van der Waals surface area contributed by atoms with E-state index >= 15 is 0 Å². The minimum absolute atomic E-state index is 0.0343. The van der Waals surface area contributed by atoms with Crippen LogP contribution in [0.4, 0.5) is 0 Å². The van der Waals surface area contributed by atoms with Gasteiger partial charge in [-0.25, -0.2) is 5.90 Å². The summed E-state index contributed by atoms with van der Waals surface area (Å²) in [5.41, 5.74) is 1.00. The number of nitrogens with two attached hydrogens (primary N) is 1. The molecule has 0 spiro atoms. The first kappa shape index (κ1) is 24.5. The van der Waals surface area contributed by atoms with Crippen molar-refractivity contribution in [2.75, 3.05) is 19.8 Å². The topological polar surface area (TPSA) is 117 Å². The summed E-state index contributed by atoms with van der Waals surface area (Å²) in [6, 6.07) is 13.3. The quantitative estimate of drug-likeness (QED) is 0.298. The molecule has 3 aromatic rings. The smallest absolute Gasteiger partial charge is 0.198 e. The summed E-state index contributed by atoms with van der Waals surface area (Å²) in [4.78, 5) is 4.94. The molecule has 4 atom stereocenters. The lowest BCUT2D eigenvalue weighted by atomic mass is 9.85. The van der Waals surface area contributed by atoms with Gasteiger partial charge in [0.15, 0.2) is 5.79 Å². The van der Waals surface area contributed by atoms with Gasteiger partial charge in [0.05, 0.1) is 25.9 Å². The maximum absolute atomic E-state index is 10.7. The van der Waals surface area contributed by atoms with E-state index in [-0.39, 0.29) is 13.0 Å². The summed E-state index contributed by atoms with van der Waals surface area (Å²) in [7, 11) is 0. The number of furan rings is 1. The van der Waals surface area contributed by atoms with E-state index < -0.39 is 30.2 Å². The Morgan fingerprint density at radius 2 is 2.06 bits per heavy atom. The van der Waals surface area contributed by atoms with Gasteiger partial charge >= 0.3 is 0 Å². The fraction of sp³-hybridized carbons (Fsp3) is 0.462. The minimum atomic E-state index is -1.25. The standard InChI is InChI=1S/C26H30ClNO7/c1-2-3-8-31-19-6-4-16-10-20(33-23(16)12-19)11-17-9-18(5-7-21(17)27)26-13-22(30)24(34-28)25(14-29,35-26)15-32-26/h4-7,9-10,12,22,24,29-30H,2-3,8,11,13-15,28H2,1H3/t22-,24+,25+,26-/m1/s1. The minimum Gasteiger partial charge on any atom is -0.493 e. The van der Waals surface area contributed by atoms with Gasteiger partial charge in [-0.15, -0.1) is 0 Å². The first-order valence-corrected chi connectivity index (χ1v) is 12.2.